The molecular weight excluding hydrogens is 286 g/mol. The van der Waals surface area contributed by atoms with E-state index in [4.69, 9.17) is 17.3 Å². The number of nitrogens with one attached hydrogen (secondary N) is 1. The van der Waals surface area contributed by atoms with Crippen LogP contribution >= 0.6 is 11.6 Å². The highest BCUT2D eigenvalue weighted by Gasteiger charge is 2.16. The van der Waals surface area contributed by atoms with Crippen molar-refractivity contribution in [3.05, 3.63) is 35.2 Å². The van der Waals surface area contributed by atoms with Gasteiger partial charge in [-0.2, -0.15) is 0 Å². The average molecular weight is 299 g/mol. The van der Waals surface area contributed by atoms with E-state index in [1.807, 2.05) is 13.8 Å². The van der Waals surface area contributed by atoms with Gasteiger partial charge in [-0.15, -0.1) is 0 Å². The summed E-state index contributed by atoms with van der Waals surface area (Å²) in [4.78, 5) is 7.32. The van der Waals surface area contributed by atoms with Gasteiger partial charge in [0.1, 0.15) is 17.8 Å². The summed E-state index contributed by atoms with van der Waals surface area (Å²) in [7, 11) is 0. The maximum atomic E-state index is 13.9. The number of nitrogen functional groups attached to an aromatic ring is 1. The molecule has 0 saturated carbocycles. The number of rotatable bonds is 3. The van der Waals surface area contributed by atoms with Crippen molar-refractivity contribution in [3.8, 4) is 11.3 Å². The van der Waals surface area contributed by atoms with Crippen LogP contribution in [-0.4, -0.2) is 16.0 Å². The Morgan fingerprint density at radius 2 is 1.95 bits per heavy atom. The second-order valence-electron chi connectivity index (χ2n) is 4.55. The Morgan fingerprint density at radius 3 is 2.60 bits per heavy atom. The van der Waals surface area contributed by atoms with Gasteiger partial charge in [0, 0.05) is 11.6 Å². The molecule has 2 aromatic rings. The van der Waals surface area contributed by atoms with Gasteiger partial charge in [0.15, 0.2) is 11.0 Å². The molecular formula is C13H13ClF2N4. The second kappa shape index (κ2) is 5.58. The summed E-state index contributed by atoms with van der Waals surface area (Å²) in [6, 6.07) is 2.69. The molecule has 0 saturated heterocycles. The van der Waals surface area contributed by atoms with Crippen LogP contribution in [0.15, 0.2) is 18.5 Å². The van der Waals surface area contributed by atoms with Crippen molar-refractivity contribution in [2.24, 2.45) is 0 Å². The van der Waals surface area contributed by atoms with Crippen LogP contribution in [-0.2, 0) is 0 Å². The molecule has 0 fully saturated rings. The molecule has 0 bridgehead atoms. The quantitative estimate of drug-likeness (QED) is 0.672. The molecule has 0 radical (unpaired) electrons. The number of hydrogen-bond donors (Lipinski definition) is 2. The molecule has 0 aliphatic rings. The van der Waals surface area contributed by atoms with Gasteiger partial charge in [0.05, 0.1) is 11.4 Å². The molecule has 20 heavy (non-hydrogen) atoms. The molecule has 1 heterocycles. The fourth-order valence-electron chi connectivity index (χ4n) is 1.73. The van der Waals surface area contributed by atoms with Crippen molar-refractivity contribution in [1.82, 2.24) is 9.97 Å². The van der Waals surface area contributed by atoms with E-state index < -0.39 is 11.6 Å². The minimum Gasteiger partial charge on any atom is -0.395 e. The van der Waals surface area contributed by atoms with Gasteiger partial charge in [0.2, 0.25) is 0 Å². The first-order chi connectivity index (χ1) is 9.40. The van der Waals surface area contributed by atoms with Crippen molar-refractivity contribution in [1.29, 1.82) is 0 Å². The third-order valence-corrected chi connectivity index (χ3v) is 2.86. The van der Waals surface area contributed by atoms with Crippen molar-refractivity contribution in [2.75, 3.05) is 11.1 Å². The first-order valence-electron chi connectivity index (χ1n) is 5.92. The van der Waals surface area contributed by atoms with E-state index in [1.54, 1.807) is 0 Å². The molecule has 4 nitrogen and oxygen atoms in total. The lowest BCUT2D eigenvalue weighted by atomic mass is 10.1. The number of halogens is 3. The number of benzene rings is 1. The Labute approximate surface area is 120 Å². The SMILES string of the molecule is CC(C)Nc1cc(-c2ncnc(Cl)c2F)cc(F)c1N. The average Bonchev–Trinajstić information content (AvgIpc) is 2.37. The van der Waals surface area contributed by atoms with Gasteiger partial charge >= 0.3 is 0 Å². The van der Waals surface area contributed by atoms with E-state index in [0.29, 0.717) is 5.69 Å². The molecule has 0 aliphatic carbocycles. The summed E-state index contributed by atoms with van der Waals surface area (Å²) >= 11 is 5.60. The summed E-state index contributed by atoms with van der Waals surface area (Å²) in [5.74, 6) is -1.45. The van der Waals surface area contributed by atoms with E-state index in [1.165, 1.54) is 6.07 Å². The zero-order valence-electron chi connectivity index (χ0n) is 10.9. The van der Waals surface area contributed by atoms with E-state index in [9.17, 15) is 8.78 Å². The minimum absolute atomic E-state index is 0.0250. The summed E-state index contributed by atoms with van der Waals surface area (Å²) in [5.41, 5.74) is 6.17. The third kappa shape index (κ3) is 2.80. The van der Waals surface area contributed by atoms with Gasteiger partial charge in [-0.3, -0.25) is 0 Å². The highest BCUT2D eigenvalue weighted by molar-refractivity contribution is 6.29. The molecule has 1 aromatic heterocycles. The summed E-state index contributed by atoms with van der Waals surface area (Å²) in [6.45, 7) is 3.76. The van der Waals surface area contributed by atoms with Crippen LogP contribution in [0.1, 0.15) is 13.8 Å². The largest absolute Gasteiger partial charge is 0.395 e. The molecule has 7 heteroatoms. The molecule has 106 valence electrons. The number of aromatic nitrogens is 2. The van der Waals surface area contributed by atoms with E-state index >= 15 is 0 Å². The molecule has 0 atom stereocenters. The summed E-state index contributed by atoms with van der Waals surface area (Å²) in [5, 5.41) is 2.68. The molecule has 3 N–H and O–H groups in total. The van der Waals surface area contributed by atoms with Crippen LogP contribution in [0.25, 0.3) is 11.3 Å². The van der Waals surface area contributed by atoms with Crippen LogP contribution in [0.3, 0.4) is 0 Å². The van der Waals surface area contributed by atoms with E-state index in [2.05, 4.69) is 15.3 Å². The van der Waals surface area contributed by atoms with Crippen LogP contribution in [0, 0.1) is 11.6 Å². The van der Waals surface area contributed by atoms with Gasteiger partial charge in [0.25, 0.3) is 0 Å². The predicted molar refractivity (Wildman–Crippen MR) is 75.6 cm³/mol. The smallest absolute Gasteiger partial charge is 0.186 e. The number of hydrogen-bond acceptors (Lipinski definition) is 4. The van der Waals surface area contributed by atoms with Crippen molar-refractivity contribution in [3.63, 3.8) is 0 Å². The Morgan fingerprint density at radius 1 is 1.25 bits per heavy atom. The summed E-state index contributed by atoms with van der Waals surface area (Å²) < 4.78 is 27.7. The lowest BCUT2D eigenvalue weighted by Gasteiger charge is -2.15. The molecule has 0 aliphatic heterocycles. The number of nitrogens with zero attached hydrogens (tertiary/aromatic N) is 2. The van der Waals surface area contributed by atoms with E-state index in [0.717, 1.165) is 12.4 Å². The maximum Gasteiger partial charge on any atom is 0.186 e. The standard InChI is InChI=1S/C13H13ClF2N4/c1-6(2)20-9-4-7(3-8(15)11(9)17)12-10(16)13(14)19-5-18-12/h3-6,20H,17H2,1-2H3. The maximum absolute atomic E-state index is 13.9. The summed E-state index contributed by atoms with van der Waals surface area (Å²) in [6.07, 6.45) is 1.12. The predicted octanol–water partition coefficient (Wildman–Crippen LogP) is 3.48. The third-order valence-electron chi connectivity index (χ3n) is 2.59. The highest BCUT2D eigenvalue weighted by atomic mass is 35.5. The number of anilines is 2. The molecule has 0 unspecified atom stereocenters. The fourth-order valence-corrected chi connectivity index (χ4v) is 1.87. The first kappa shape index (κ1) is 14.5. The van der Waals surface area contributed by atoms with Gasteiger partial charge in [-0.1, -0.05) is 11.6 Å². The first-order valence-corrected chi connectivity index (χ1v) is 6.30. The van der Waals surface area contributed by atoms with Crippen LogP contribution < -0.4 is 11.1 Å². The van der Waals surface area contributed by atoms with Crippen molar-refractivity contribution < 1.29 is 8.78 Å². The Balaban J connectivity index is 2.57. The van der Waals surface area contributed by atoms with Gasteiger partial charge in [-0.25, -0.2) is 18.7 Å². The van der Waals surface area contributed by atoms with Crippen LogP contribution in [0.5, 0.6) is 0 Å². The van der Waals surface area contributed by atoms with Gasteiger partial charge < -0.3 is 11.1 Å². The minimum atomic E-state index is -0.797. The normalized spacial score (nSPS) is 10.9. The Kier molecular flexibility index (Phi) is 4.04. The second-order valence-corrected chi connectivity index (χ2v) is 4.90. The lowest BCUT2D eigenvalue weighted by molar-refractivity contribution is 0.616. The van der Waals surface area contributed by atoms with Crippen molar-refractivity contribution in [2.45, 2.75) is 19.9 Å². The molecule has 0 amide bonds. The Bertz CT molecular complexity index is 647. The Hall–Kier alpha value is -1.95. The number of nitrogens with two attached hydrogens (primary N) is 1. The highest BCUT2D eigenvalue weighted by Crippen LogP contribution is 2.31. The zero-order chi connectivity index (χ0) is 14.9. The monoisotopic (exact) mass is 298 g/mol. The van der Waals surface area contributed by atoms with Crippen LogP contribution in [0.2, 0.25) is 5.15 Å². The van der Waals surface area contributed by atoms with Gasteiger partial charge in [-0.05, 0) is 26.0 Å². The molecule has 1 aromatic carbocycles. The molecule has 2 rings (SSSR count). The van der Waals surface area contributed by atoms with E-state index in [-0.39, 0.29) is 28.1 Å². The van der Waals surface area contributed by atoms with Crippen LogP contribution in [0.4, 0.5) is 20.2 Å². The van der Waals surface area contributed by atoms with Crippen molar-refractivity contribution >= 4 is 23.0 Å². The zero-order valence-corrected chi connectivity index (χ0v) is 11.7. The topological polar surface area (TPSA) is 63.8 Å². The fraction of sp³-hybridized carbons (Fsp3) is 0.231. The molecule has 0 spiro atoms. The lowest BCUT2D eigenvalue weighted by Crippen LogP contribution is -2.12.